The van der Waals surface area contributed by atoms with Crippen molar-refractivity contribution in [3.05, 3.63) is 57.9 Å². The summed E-state index contributed by atoms with van der Waals surface area (Å²) in [6.07, 6.45) is 6.51. The van der Waals surface area contributed by atoms with Crippen molar-refractivity contribution in [2.24, 2.45) is 5.92 Å². The summed E-state index contributed by atoms with van der Waals surface area (Å²) in [7, 11) is 0. The van der Waals surface area contributed by atoms with Gasteiger partial charge in [-0.1, -0.05) is 19.9 Å². The molecule has 152 valence electrons. The molecule has 0 aromatic carbocycles. The number of rotatable bonds is 6. The van der Waals surface area contributed by atoms with Crippen LogP contribution in [0.5, 0.6) is 0 Å². The zero-order valence-electron chi connectivity index (χ0n) is 16.8. The third-order valence-electron chi connectivity index (χ3n) is 5.26. The van der Waals surface area contributed by atoms with E-state index >= 15 is 0 Å². The molecule has 3 heterocycles. The molecule has 1 N–H and O–H groups in total. The average molecular weight is 394 g/mol. The number of nitrogens with one attached hydrogen (secondary N) is 1. The average Bonchev–Trinajstić information content (AvgIpc) is 3.12. The molecule has 8 nitrogen and oxygen atoms in total. The third kappa shape index (κ3) is 4.21. The quantitative estimate of drug-likeness (QED) is 0.691. The summed E-state index contributed by atoms with van der Waals surface area (Å²) in [4.78, 5) is 25.2. The van der Waals surface area contributed by atoms with Gasteiger partial charge in [0.2, 0.25) is 5.91 Å². The van der Waals surface area contributed by atoms with E-state index in [0.29, 0.717) is 18.2 Å². The molecule has 1 aliphatic carbocycles. The Morgan fingerprint density at radius 1 is 1.21 bits per heavy atom. The summed E-state index contributed by atoms with van der Waals surface area (Å²) in [5.74, 6) is 0.781. The molecule has 0 radical (unpaired) electrons. The van der Waals surface area contributed by atoms with Gasteiger partial charge >= 0.3 is 0 Å². The molecule has 3 aromatic heterocycles. The van der Waals surface area contributed by atoms with Gasteiger partial charge in [-0.05, 0) is 55.7 Å². The van der Waals surface area contributed by atoms with Gasteiger partial charge < -0.3 is 5.32 Å². The molecule has 0 spiro atoms. The lowest BCUT2D eigenvalue weighted by molar-refractivity contribution is -0.122. The van der Waals surface area contributed by atoms with Crippen LogP contribution in [0.1, 0.15) is 56.2 Å². The SMILES string of the molecule is CC(C)C[C@H](NC(=O)Cn1nc2c(cc1=O)CCCC2)c1nnc2ccccn12. The number of nitrogens with zero attached hydrogens (tertiary/aromatic N) is 5. The molecule has 0 bridgehead atoms. The highest BCUT2D eigenvalue weighted by Crippen LogP contribution is 2.21. The van der Waals surface area contributed by atoms with E-state index in [4.69, 9.17) is 0 Å². The standard InChI is InChI=1S/C21H26N6O2/c1-14(2)11-17(21-24-23-18-9-5-6-10-26(18)21)22-19(28)13-27-20(29)12-15-7-3-4-8-16(15)25-27/h5-6,9-10,12,14,17H,3-4,7-8,11,13H2,1-2H3,(H,22,28)/t17-/m0/s1. The fourth-order valence-electron chi connectivity index (χ4n) is 3.89. The number of carbonyl (C=O) groups excluding carboxylic acids is 1. The van der Waals surface area contributed by atoms with Gasteiger partial charge in [-0.3, -0.25) is 14.0 Å². The Morgan fingerprint density at radius 2 is 2.03 bits per heavy atom. The summed E-state index contributed by atoms with van der Waals surface area (Å²) in [6, 6.07) is 7.02. The van der Waals surface area contributed by atoms with Gasteiger partial charge in [-0.2, -0.15) is 5.10 Å². The molecule has 4 rings (SSSR count). The van der Waals surface area contributed by atoms with Gasteiger partial charge in [0, 0.05) is 12.3 Å². The summed E-state index contributed by atoms with van der Waals surface area (Å²) in [6.45, 7) is 4.09. The molecule has 1 aliphatic rings. The summed E-state index contributed by atoms with van der Waals surface area (Å²) in [5, 5.41) is 16.0. The van der Waals surface area contributed by atoms with Gasteiger partial charge in [-0.25, -0.2) is 4.68 Å². The molecule has 1 atom stereocenters. The van der Waals surface area contributed by atoms with Gasteiger partial charge in [0.25, 0.3) is 5.56 Å². The zero-order chi connectivity index (χ0) is 20.4. The first-order valence-corrected chi connectivity index (χ1v) is 10.2. The van der Waals surface area contributed by atoms with Crippen LogP contribution in [0.2, 0.25) is 0 Å². The van der Waals surface area contributed by atoms with Crippen molar-refractivity contribution in [1.29, 1.82) is 0 Å². The van der Waals surface area contributed by atoms with Crippen molar-refractivity contribution in [3.8, 4) is 0 Å². The molecule has 29 heavy (non-hydrogen) atoms. The summed E-state index contributed by atoms with van der Waals surface area (Å²) in [5.41, 5.74) is 2.46. The molecular formula is C21H26N6O2. The van der Waals surface area contributed by atoms with Crippen molar-refractivity contribution in [2.45, 2.75) is 58.5 Å². The Hall–Kier alpha value is -3.03. The van der Waals surface area contributed by atoms with Crippen LogP contribution in [-0.2, 0) is 24.2 Å². The van der Waals surface area contributed by atoms with Gasteiger partial charge in [-0.15, -0.1) is 10.2 Å². The maximum absolute atomic E-state index is 12.8. The predicted molar refractivity (Wildman–Crippen MR) is 108 cm³/mol. The zero-order valence-corrected chi connectivity index (χ0v) is 16.8. The number of aryl methyl sites for hydroxylation is 2. The van der Waals surface area contributed by atoms with Crippen LogP contribution in [0.4, 0.5) is 0 Å². The van der Waals surface area contributed by atoms with E-state index < -0.39 is 0 Å². The second-order valence-corrected chi connectivity index (χ2v) is 8.06. The lowest BCUT2D eigenvalue weighted by Gasteiger charge is -2.20. The monoisotopic (exact) mass is 394 g/mol. The van der Waals surface area contributed by atoms with E-state index in [-0.39, 0.29) is 24.1 Å². The Kier molecular flexibility index (Phi) is 5.42. The molecule has 0 aliphatic heterocycles. The van der Waals surface area contributed by atoms with Crippen molar-refractivity contribution in [1.82, 2.24) is 29.7 Å². The number of pyridine rings is 1. The van der Waals surface area contributed by atoms with E-state index in [1.54, 1.807) is 6.07 Å². The van der Waals surface area contributed by atoms with Crippen molar-refractivity contribution < 1.29 is 4.79 Å². The highest BCUT2D eigenvalue weighted by molar-refractivity contribution is 5.76. The van der Waals surface area contributed by atoms with Crippen molar-refractivity contribution in [3.63, 3.8) is 0 Å². The summed E-state index contributed by atoms with van der Waals surface area (Å²) >= 11 is 0. The topological polar surface area (TPSA) is 94.2 Å². The van der Waals surface area contributed by atoms with E-state index in [1.807, 2.05) is 28.8 Å². The number of carbonyl (C=O) groups is 1. The van der Waals surface area contributed by atoms with Gasteiger partial charge in [0.05, 0.1) is 11.7 Å². The molecule has 0 saturated carbocycles. The number of hydrogen-bond acceptors (Lipinski definition) is 5. The van der Waals surface area contributed by atoms with Crippen LogP contribution in [0.15, 0.2) is 35.3 Å². The van der Waals surface area contributed by atoms with Crippen LogP contribution >= 0.6 is 0 Å². The molecule has 0 fully saturated rings. The second-order valence-electron chi connectivity index (χ2n) is 8.06. The highest BCUT2D eigenvalue weighted by atomic mass is 16.2. The van der Waals surface area contributed by atoms with E-state index in [1.165, 1.54) is 4.68 Å². The number of amides is 1. The van der Waals surface area contributed by atoms with Crippen molar-refractivity contribution >= 4 is 11.6 Å². The Bertz CT molecular complexity index is 1080. The van der Waals surface area contributed by atoms with E-state index in [9.17, 15) is 9.59 Å². The number of fused-ring (bicyclic) bond motifs is 2. The van der Waals surface area contributed by atoms with Gasteiger partial charge in [0.15, 0.2) is 11.5 Å². The predicted octanol–water partition coefficient (Wildman–Crippen LogP) is 2.07. The maximum Gasteiger partial charge on any atom is 0.267 e. The van der Waals surface area contributed by atoms with Crippen LogP contribution in [0, 0.1) is 5.92 Å². The normalized spacial score (nSPS) is 14.7. The largest absolute Gasteiger partial charge is 0.344 e. The van der Waals surface area contributed by atoms with E-state index in [0.717, 1.165) is 42.6 Å². The molecule has 0 saturated heterocycles. The first-order chi connectivity index (χ1) is 14.0. The van der Waals surface area contributed by atoms with Crippen LogP contribution in [-0.4, -0.2) is 30.3 Å². The fraction of sp³-hybridized carbons (Fsp3) is 0.476. The number of aromatic nitrogens is 5. The number of hydrogen-bond donors (Lipinski definition) is 1. The smallest absolute Gasteiger partial charge is 0.267 e. The fourth-order valence-corrected chi connectivity index (χ4v) is 3.89. The Morgan fingerprint density at radius 3 is 2.86 bits per heavy atom. The third-order valence-corrected chi connectivity index (χ3v) is 5.26. The Labute approximate surface area is 169 Å². The molecule has 8 heteroatoms. The molecular weight excluding hydrogens is 368 g/mol. The molecule has 1 amide bonds. The first-order valence-electron chi connectivity index (χ1n) is 10.2. The minimum absolute atomic E-state index is 0.0998. The van der Waals surface area contributed by atoms with Crippen LogP contribution < -0.4 is 10.9 Å². The first kappa shape index (κ1) is 19.3. The minimum Gasteiger partial charge on any atom is -0.344 e. The van der Waals surface area contributed by atoms with Gasteiger partial charge in [0.1, 0.15) is 6.54 Å². The minimum atomic E-state index is -0.298. The highest BCUT2D eigenvalue weighted by Gasteiger charge is 2.22. The second kappa shape index (κ2) is 8.14. The lowest BCUT2D eigenvalue weighted by atomic mass is 9.97. The van der Waals surface area contributed by atoms with E-state index in [2.05, 4.69) is 34.5 Å². The molecule has 0 unspecified atom stereocenters. The lowest BCUT2D eigenvalue weighted by Crippen LogP contribution is -2.37. The maximum atomic E-state index is 12.8. The van der Waals surface area contributed by atoms with Crippen LogP contribution in [0.25, 0.3) is 5.65 Å². The van der Waals surface area contributed by atoms with Crippen molar-refractivity contribution in [2.75, 3.05) is 0 Å². The molecule has 3 aromatic rings. The summed E-state index contributed by atoms with van der Waals surface area (Å²) < 4.78 is 3.16. The Balaban J connectivity index is 1.55. The van der Waals surface area contributed by atoms with Crippen LogP contribution in [0.3, 0.4) is 0 Å².